The minimum atomic E-state index is 0.438. The van der Waals surface area contributed by atoms with Crippen LogP contribution in [0.15, 0.2) is 52.1 Å². The number of hydrogen-bond acceptors (Lipinski definition) is 3. The summed E-state index contributed by atoms with van der Waals surface area (Å²) in [5.74, 6) is 1.08. The number of benzene rings is 1. The lowest BCUT2D eigenvalue weighted by Gasteiger charge is -2.17. The lowest BCUT2D eigenvalue weighted by Crippen LogP contribution is -2.22. The molecule has 0 aliphatic carbocycles. The van der Waals surface area contributed by atoms with Crippen LogP contribution in [-0.4, -0.2) is 12.3 Å². The molecule has 0 bridgehead atoms. The molecule has 2 aromatic rings. The van der Waals surface area contributed by atoms with Crippen molar-refractivity contribution in [1.82, 2.24) is 5.32 Å². The Balaban J connectivity index is 1.98. The van der Waals surface area contributed by atoms with E-state index < -0.39 is 0 Å². The third-order valence-electron chi connectivity index (χ3n) is 2.54. The Kier molecular flexibility index (Phi) is 5.10. The van der Waals surface area contributed by atoms with Gasteiger partial charge in [0.25, 0.3) is 0 Å². The molecule has 0 aliphatic heterocycles. The standard InChI is InChI=1S/C14H17NS2/c1-2-15-13(12-7-4-3-5-8-12)11-17-14-9-6-10-16-14/h3-10,13,15H,2,11H2,1H3. The maximum atomic E-state index is 3.55. The summed E-state index contributed by atoms with van der Waals surface area (Å²) < 4.78 is 1.39. The topological polar surface area (TPSA) is 12.0 Å². The SMILES string of the molecule is CCNC(CSc1cccs1)c1ccccc1. The summed E-state index contributed by atoms with van der Waals surface area (Å²) in [6.07, 6.45) is 0. The van der Waals surface area contributed by atoms with Crippen LogP contribution in [0.3, 0.4) is 0 Å². The zero-order chi connectivity index (χ0) is 11.9. The molecular formula is C14H17NS2. The number of hydrogen-bond donors (Lipinski definition) is 1. The van der Waals surface area contributed by atoms with Crippen LogP contribution in [0, 0.1) is 0 Å². The van der Waals surface area contributed by atoms with E-state index >= 15 is 0 Å². The van der Waals surface area contributed by atoms with Crippen LogP contribution >= 0.6 is 23.1 Å². The van der Waals surface area contributed by atoms with Crippen LogP contribution in [0.5, 0.6) is 0 Å². The Hall–Kier alpha value is -0.770. The molecule has 1 aromatic heterocycles. The van der Waals surface area contributed by atoms with Gasteiger partial charge in [-0.15, -0.1) is 23.1 Å². The molecule has 1 N–H and O–H groups in total. The minimum Gasteiger partial charge on any atom is -0.309 e. The fraction of sp³-hybridized carbons (Fsp3) is 0.286. The van der Waals surface area contributed by atoms with Gasteiger partial charge in [0.2, 0.25) is 0 Å². The molecule has 3 heteroatoms. The van der Waals surface area contributed by atoms with E-state index in [1.165, 1.54) is 9.77 Å². The normalized spacial score (nSPS) is 12.5. The first-order valence-electron chi connectivity index (χ1n) is 5.84. The van der Waals surface area contributed by atoms with E-state index in [1.807, 2.05) is 23.1 Å². The zero-order valence-electron chi connectivity index (χ0n) is 9.93. The summed E-state index contributed by atoms with van der Waals surface area (Å²) in [6, 6.07) is 15.4. The summed E-state index contributed by atoms with van der Waals surface area (Å²) in [7, 11) is 0. The summed E-state index contributed by atoms with van der Waals surface area (Å²) >= 11 is 3.74. The second-order valence-corrected chi connectivity index (χ2v) is 6.03. The first-order chi connectivity index (χ1) is 8.40. The van der Waals surface area contributed by atoms with Gasteiger partial charge in [-0.1, -0.05) is 43.3 Å². The Morgan fingerprint density at radius 1 is 1.18 bits per heavy atom. The number of thioether (sulfide) groups is 1. The predicted octanol–water partition coefficient (Wildman–Crippen LogP) is 4.19. The highest BCUT2D eigenvalue weighted by Gasteiger charge is 2.10. The van der Waals surface area contributed by atoms with Crippen LogP contribution < -0.4 is 5.32 Å². The van der Waals surface area contributed by atoms with Gasteiger partial charge >= 0.3 is 0 Å². The van der Waals surface area contributed by atoms with Crippen LogP contribution in [0.1, 0.15) is 18.5 Å². The Bertz CT molecular complexity index is 411. The highest BCUT2D eigenvalue weighted by molar-refractivity contribution is 8.01. The molecule has 90 valence electrons. The highest BCUT2D eigenvalue weighted by atomic mass is 32.2. The number of nitrogens with one attached hydrogen (secondary N) is 1. The van der Waals surface area contributed by atoms with Crippen LogP contribution in [-0.2, 0) is 0 Å². The van der Waals surface area contributed by atoms with E-state index in [1.54, 1.807) is 0 Å². The van der Waals surface area contributed by atoms with E-state index in [4.69, 9.17) is 0 Å². The lowest BCUT2D eigenvalue weighted by atomic mass is 10.1. The molecule has 1 atom stereocenters. The van der Waals surface area contributed by atoms with Crippen molar-refractivity contribution in [2.75, 3.05) is 12.3 Å². The largest absolute Gasteiger partial charge is 0.309 e. The highest BCUT2D eigenvalue weighted by Crippen LogP contribution is 2.28. The average Bonchev–Trinajstić information content (AvgIpc) is 2.88. The van der Waals surface area contributed by atoms with Gasteiger partial charge in [-0.2, -0.15) is 0 Å². The molecule has 2 rings (SSSR count). The number of rotatable bonds is 6. The Labute approximate surface area is 111 Å². The van der Waals surface area contributed by atoms with Crippen molar-refractivity contribution in [1.29, 1.82) is 0 Å². The predicted molar refractivity (Wildman–Crippen MR) is 77.9 cm³/mol. The van der Waals surface area contributed by atoms with E-state index in [-0.39, 0.29) is 0 Å². The van der Waals surface area contributed by atoms with Crippen LogP contribution in [0.2, 0.25) is 0 Å². The van der Waals surface area contributed by atoms with Crippen molar-refractivity contribution in [2.24, 2.45) is 0 Å². The van der Waals surface area contributed by atoms with E-state index in [0.29, 0.717) is 6.04 Å². The Morgan fingerprint density at radius 3 is 2.65 bits per heavy atom. The zero-order valence-corrected chi connectivity index (χ0v) is 11.6. The van der Waals surface area contributed by atoms with E-state index in [2.05, 4.69) is 60.1 Å². The molecule has 1 unspecified atom stereocenters. The van der Waals surface area contributed by atoms with Gasteiger partial charge in [0.1, 0.15) is 0 Å². The third kappa shape index (κ3) is 3.87. The van der Waals surface area contributed by atoms with Gasteiger partial charge in [0.15, 0.2) is 0 Å². The molecule has 1 aromatic carbocycles. The van der Waals surface area contributed by atoms with Gasteiger partial charge < -0.3 is 5.32 Å². The summed E-state index contributed by atoms with van der Waals surface area (Å²) in [6.45, 7) is 3.16. The minimum absolute atomic E-state index is 0.438. The van der Waals surface area contributed by atoms with Gasteiger partial charge in [-0.3, -0.25) is 0 Å². The average molecular weight is 263 g/mol. The van der Waals surface area contributed by atoms with E-state index in [9.17, 15) is 0 Å². The molecule has 0 fully saturated rings. The smallest absolute Gasteiger partial charge is 0.0599 e. The van der Waals surface area contributed by atoms with Crippen molar-refractivity contribution in [3.63, 3.8) is 0 Å². The van der Waals surface area contributed by atoms with Crippen molar-refractivity contribution in [3.8, 4) is 0 Å². The second-order valence-electron chi connectivity index (χ2n) is 3.76. The maximum absolute atomic E-state index is 3.55. The van der Waals surface area contributed by atoms with Gasteiger partial charge in [0, 0.05) is 11.8 Å². The molecule has 0 spiro atoms. The third-order valence-corrected chi connectivity index (χ3v) is 4.76. The summed E-state index contributed by atoms with van der Waals surface area (Å²) in [4.78, 5) is 0. The first kappa shape index (κ1) is 12.7. The number of thiophene rings is 1. The maximum Gasteiger partial charge on any atom is 0.0599 e. The summed E-state index contributed by atoms with van der Waals surface area (Å²) in [5, 5.41) is 5.68. The summed E-state index contributed by atoms with van der Waals surface area (Å²) in [5.41, 5.74) is 1.37. The molecule has 0 saturated heterocycles. The van der Waals surface area contributed by atoms with Crippen LogP contribution in [0.25, 0.3) is 0 Å². The molecule has 0 radical (unpaired) electrons. The molecule has 1 heterocycles. The van der Waals surface area contributed by atoms with Crippen molar-refractivity contribution in [2.45, 2.75) is 17.2 Å². The van der Waals surface area contributed by atoms with Gasteiger partial charge in [-0.05, 0) is 23.6 Å². The van der Waals surface area contributed by atoms with E-state index in [0.717, 1.165) is 12.3 Å². The molecule has 0 aliphatic rings. The van der Waals surface area contributed by atoms with Crippen molar-refractivity contribution < 1.29 is 0 Å². The second kappa shape index (κ2) is 6.84. The first-order valence-corrected chi connectivity index (χ1v) is 7.71. The lowest BCUT2D eigenvalue weighted by molar-refractivity contribution is 0.606. The van der Waals surface area contributed by atoms with Gasteiger partial charge in [-0.25, -0.2) is 0 Å². The fourth-order valence-corrected chi connectivity index (χ4v) is 3.62. The monoisotopic (exact) mass is 263 g/mol. The van der Waals surface area contributed by atoms with Crippen LogP contribution in [0.4, 0.5) is 0 Å². The van der Waals surface area contributed by atoms with Crippen molar-refractivity contribution in [3.05, 3.63) is 53.4 Å². The molecule has 1 nitrogen and oxygen atoms in total. The van der Waals surface area contributed by atoms with Crippen molar-refractivity contribution >= 4 is 23.1 Å². The molecule has 0 amide bonds. The van der Waals surface area contributed by atoms with Gasteiger partial charge in [0.05, 0.1) is 4.21 Å². The molecule has 17 heavy (non-hydrogen) atoms. The molecule has 0 saturated carbocycles. The fourth-order valence-electron chi connectivity index (χ4n) is 1.72. The Morgan fingerprint density at radius 2 is 2.00 bits per heavy atom. The molecular weight excluding hydrogens is 246 g/mol. The quantitative estimate of drug-likeness (QED) is 0.784.